The van der Waals surface area contributed by atoms with E-state index in [4.69, 9.17) is 4.74 Å². The Balaban J connectivity index is 1.82. The van der Waals surface area contributed by atoms with Crippen LogP contribution in [0.2, 0.25) is 0 Å². The Bertz CT molecular complexity index is 514. The van der Waals surface area contributed by atoms with Crippen molar-refractivity contribution in [3.05, 3.63) is 28.2 Å². The molecule has 1 saturated carbocycles. The second kappa shape index (κ2) is 5.92. The molecule has 2 unspecified atom stereocenters. The highest BCUT2D eigenvalue weighted by Gasteiger charge is 2.44. The van der Waals surface area contributed by atoms with Gasteiger partial charge in [0, 0.05) is 16.5 Å². The van der Waals surface area contributed by atoms with E-state index in [0.29, 0.717) is 0 Å². The van der Waals surface area contributed by atoms with Crippen molar-refractivity contribution in [2.45, 2.75) is 64.1 Å². The summed E-state index contributed by atoms with van der Waals surface area (Å²) in [5.74, 6) is 2.35. The second-order valence-electron chi connectivity index (χ2n) is 7.28. The molecule has 0 radical (unpaired) electrons. The Hall–Kier alpha value is -0.540. The maximum atomic E-state index is 10.6. The molecule has 1 spiro atoms. The monoisotopic (exact) mass is 352 g/mol. The van der Waals surface area contributed by atoms with Crippen LogP contribution in [-0.4, -0.2) is 10.7 Å². The lowest BCUT2D eigenvalue weighted by atomic mass is 9.71. The Labute approximate surface area is 136 Å². The number of benzene rings is 1. The van der Waals surface area contributed by atoms with Crippen molar-refractivity contribution in [1.29, 1.82) is 0 Å². The van der Waals surface area contributed by atoms with E-state index in [0.717, 1.165) is 46.9 Å². The number of rotatable bonds is 2. The number of hydrogen-bond donors (Lipinski definition) is 1. The minimum Gasteiger partial charge on any atom is -0.487 e. The SMILES string of the molecule is CC(C)CC1CCCC2(C1)C[C@@H](O)c1cc(Br)ccc1O2. The lowest BCUT2D eigenvalue weighted by Crippen LogP contribution is -2.45. The fourth-order valence-corrected chi connectivity index (χ4v) is 4.58. The van der Waals surface area contributed by atoms with Gasteiger partial charge in [0.25, 0.3) is 0 Å². The molecule has 21 heavy (non-hydrogen) atoms. The van der Waals surface area contributed by atoms with Crippen molar-refractivity contribution in [2.75, 3.05) is 0 Å². The molecule has 3 rings (SSSR count). The minimum atomic E-state index is -0.399. The zero-order valence-corrected chi connectivity index (χ0v) is 14.5. The highest BCUT2D eigenvalue weighted by Crippen LogP contribution is 2.48. The first-order chi connectivity index (χ1) is 9.97. The van der Waals surface area contributed by atoms with Crippen molar-refractivity contribution in [2.24, 2.45) is 11.8 Å². The summed E-state index contributed by atoms with van der Waals surface area (Å²) in [4.78, 5) is 0. The van der Waals surface area contributed by atoms with Crippen LogP contribution in [0.5, 0.6) is 5.75 Å². The van der Waals surface area contributed by atoms with Gasteiger partial charge in [-0.2, -0.15) is 0 Å². The Morgan fingerprint density at radius 3 is 2.95 bits per heavy atom. The zero-order valence-electron chi connectivity index (χ0n) is 12.9. The maximum Gasteiger partial charge on any atom is 0.126 e. The highest BCUT2D eigenvalue weighted by molar-refractivity contribution is 9.10. The first-order valence-corrected chi connectivity index (χ1v) is 8.93. The number of aliphatic hydroxyl groups excluding tert-OH is 1. The molecule has 3 heteroatoms. The number of ether oxygens (including phenoxy) is 1. The predicted molar refractivity (Wildman–Crippen MR) is 88.5 cm³/mol. The molecular weight excluding hydrogens is 328 g/mol. The minimum absolute atomic E-state index is 0.141. The third-order valence-corrected chi connectivity index (χ3v) is 5.43. The van der Waals surface area contributed by atoms with Gasteiger partial charge in [0.15, 0.2) is 0 Å². The Morgan fingerprint density at radius 2 is 2.19 bits per heavy atom. The molecule has 1 aromatic carbocycles. The smallest absolute Gasteiger partial charge is 0.126 e. The summed E-state index contributed by atoms with van der Waals surface area (Å²) in [6.45, 7) is 4.59. The summed E-state index contributed by atoms with van der Waals surface area (Å²) in [6, 6.07) is 5.98. The number of hydrogen-bond acceptors (Lipinski definition) is 2. The molecule has 0 saturated heterocycles. The molecule has 1 N–H and O–H groups in total. The number of halogens is 1. The standard InChI is InChI=1S/C18H25BrO2/c1-12(2)8-13-4-3-7-18(10-13)11-16(20)15-9-14(19)5-6-17(15)21-18/h5-6,9,12-13,16,20H,3-4,7-8,10-11H2,1-2H3/t13?,16-,18?/m1/s1. The van der Waals surface area contributed by atoms with E-state index >= 15 is 0 Å². The molecule has 1 fully saturated rings. The average Bonchev–Trinajstić information content (AvgIpc) is 2.39. The fraction of sp³-hybridized carbons (Fsp3) is 0.667. The van der Waals surface area contributed by atoms with Gasteiger partial charge in [-0.05, 0) is 55.7 Å². The second-order valence-corrected chi connectivity index (χ2v) is 8.19. The van der Waals surface area contributed by atoms with Crippen molar-refractivity contribution < 1.29 is 9.84 Å². The first-order valence-electron chi connectivity index (χ1n) is 8.14. The molecule has 1 aromatic rings. The Kier molecular flexibility index (Phi) is 4.33. The molecule has 1 heterocycles. The van der Waals surface area contributed by atoms with E-state index in [2.05, 4.69) is 29.8 Å². The summed E-state index contributed by atoms with van der Waals surface area (Å²) < 4.78 is 7.42. The summed E-state index contributed by atoms with van der Waals surface area (Å²) in [6.07, 6.45) is 6.32. The maximum absolute atomic E-state index is 10.6. The molecule has 1 aliphatic carbocycles. The third kappa shape index (κ3) is 3.29. The van der Waals surface area contributed by atoms with Gasteiger partial charge < -0.3 is 9.84 Å². The van der Waals surface area contributed by atoms with E-state index in [9.17, 15) is 5.11 Å². The molecule has 116 valence electrons. The lowest BCUT2D eigenvalue weighted by molar-refractivity contribution is -0.0538. The average molecular weight is 353 g/mol. The van der Waals surface area contributed by atoms with Crippen LogP contribution in [0.3, 0.4) is 0 Å². The van der Waals surface area contributed by atoms with Crippen LogP contribution in [0.15, 0.2) is 22.7 Å². The van der Waals surface area contributed by atoms with Crippen LogP contribution in [0.1, 0.15) is 64.0 Å². The van der Waals surface area contributed by atoms with Crippen molar-refractivity contribution in [1.82, 2.24) is 0 Å². The predicted octanol–water partition coefficient (Wildman–Crippen LogP) is 5.24. The quantitative estimate of drug-likeness (QED) is 0.788. The first kappa shape index (κ1) is 15.4. The Morgan fingerprint density at radius 1 is 1.38 bits per heavy atom. The lowest BCUT2D eigenvalue weighted by Gasteiger charge is -2.46. The molecule has 2 nitrogen and oxygen atoms in total. The largest absolute Gasteiger partial charge is 0.487 e. The van der Waals surface area contributed by atoms with Crippen LogP contribution in [0, 0.1) is 11.8 Å². The van der Waals surface area contributed by atoms with Gasteiger partial charge in [0.2, 0.25) is 0 Å². The number of fused-ring (bicyclic) bond motifs is 1. The molecule has 2 aliphatic rings. The van der Waals surface area contributed by atoms with Gasteiger partial charge >= 0.3 is 0 Å². The van der Waals surface area contributed by atoms with Gasteiger partial charge in [0.1, 0.15) is 11.4 Å². The van der Waals surface area contributed by atoms with Gasteiger partial charge in [-0.1, -0.05) is 36.2 Å². The van der Waals surface area contributed by atoms with Crippen LogP contribution < -0.4 is 4.74 Å². The summed E-state index contributed by atoms with van der Waals surface area (Å²) in [5.41, 5.74) is 0.791. The van der Waals surface area contributed by atoms with E-state index in [1.165, 1.54) is 19.3 Å². The highest BCUT2D eigenvalue weighted by atomic mass is 79.9. The van der Waals surface area contributed by atoms with Crippen molar-refractivity contribution in [3.63, 3.8) is 0 Å². The summed E-state index contributed by atoms with van der Waals surface area (Å²) in [7, 11) is 0. The molecule has 0 bridgehead atoms. The van der Waals surface area contributed by atoms with E-state index in [1.54, 1.807) is 0 Å². The van der Waals surface area contributed by atoms with Crippen LogP contribution >= 0.6 is 15.9 Å². The molecule has 0 aromatic heterocycles. The molecule has 1 aliphatic heterocycles. The fourth-order valence-electron chi connectivity index (χ4n) is 4.20. The van der Waals surface area contributed by atoms with E-state index < -0.39 is 6.10 Å². The van der Waals surface area contributed by atoms with Crippen LogP contribution in [0.4, 0.5) is 0 Å². The van der Waals surface area contributed by atoms with Crippen LogP contribution in [0.25, 0.3) is 0 Å². The van der Waals surface area contributed by atoms with Gasteiger partial charge in [-0.15, -0.1) is 0 Å². The topological polar surface area (TPSA) is 29.5 Å². The summed E-state index contributed by atoms with van der Waals surface area (Å²) >= 11 is 3.48. The van der Waals surface area contributed by atoms with Gasteiger partial charge in [0.05, 0.1) is 6.10 Å². The van der Waals surface area contributed by atoms with Crippen molar-refractivity contribution in [3.8, 4) is 5.75 Å². The molecule has 0 amide bonds. The van der Waals surface area contributed by atoms with Crippen LogP contribution in [-0.2, 0) is 0 Å². The summed E-state index contributed by atoms with van der Waals surface area (Å²) in [5, 5.41) is 10.6. The van der Waals surface area contributed by atoms with E-state index in [1.807, 2.05) is 18.2 Å². The van der Waals surface area contributed by atoms with Gasteiger partial charge in [-0.3, -0.25) is 0 Å². The number of aliphatic hydroxyl groups is 1. The zero-order chi connectivity index (χ0) is 15.0. The van der Waals surface area contributed by atoms with Crippen molar-refractivity contribution >= 4 is 15.9 Å². The molecular formula is C18H25BrO2. The normalized spacial score (nSPS) is 32.0. The van der Waals surface area contributed by atoms with E-state index in [-0.39, 0.29) is 5.60 Å². The third-order valence-electron chi connectivity index (χ3n) is 4.93. The molecule has 3 atom stereocenters. The van der Waals surface area contributed by atoms with Gasteiger partial charge in [-0.25, -0.2) is 0 Å².